The molecule has 2 aromatic heterocycles. The fourth-order valence-electron chi connectivity index (χ4n) is 2.34. The third-order valence-electron chi connectivity index (χ3n) is 4.26. The average molecular weight is 274 g/mol. The molecule has 1 aliphatic heterocycles. The molecule has 0 amide bonds. The van der Waals surface area contributed by atoms with Crippen molar-refractivity contribution < 1.29 is 14.0 Å². The molecule has 0 bridgehead atoms. The number of rotatable bonds is 2. The van der Waals surface area contributed by atoms with Crippen molar-refractivity contribution in [3.63, 3.8) is 0 Å². The second kappa shape index (κ2) is 4.23. The summed E-state index contributed by atoms with van der Waals surface area (Å²) in [7, 11) is 1.21. The summed E-state index contributed by atoms with van der Waals surface area (Å²) in [6.07, 6.45) is 3.66. The standard InChI is InChI=1S/C14H19BN2O3/c1-13(2)14(3,4)20-15(19-13)10-9-16-17-8-6-7-11(18-5)12(10)17/h6-9H,1-5H3. The summed E-state index contributed by atoms with van der Waals surface area (Å²) < 4.78 is 19.4. The molecule has 106 valence electrons. The van der Waals surface area contributed by atoms with Gasteiger partial charge in [-0.1, -0.05) is 0 Å². The van der Waals surface area contributed by atoms with Crippen molar-refractivity contribution in [2.75, 3.05) is 7.11 Å². The lowest BCUT2D eigenvalue weighted by Crippen LogP contribution is -2.41. The second-order valence-electron chi connectivity index (χ2n) is 6.06. The Morgan fingerprint density at radius 2 is 1.85 bits per heavy atom. The van der Waals surface area contributed by atoms with Gasteiger partial charge in [0.1, 0.15) is 11.3 Å². The quantitative estimate of drug-likeness (QED) is 0.781. The first-order valence-corrected chi connectivity index (χ1v) is 6.71. The molecule has 1 saturated heterocycles. The van der Waals surface area contributed by atoms with Crippen LogP contribution in [0, 0.1) is 0 Å². The smallest absolute Gasteiger partial charge is 0.495 e. The molecule has 5 nitrogen and oxygen atoms in total. The van der Waals surface area contributed by atoms with Gasteiger partial charge in [-0.2, -0.15) is 5.10 Å². The normalized spacial score (nSPS) is 20.6. The van der Waals surface area contributed by atoms with Crippen LogP contribution in [0.25, 0.3) is 5.52 Å². The van der Waals surface area contributed by atoms with Gasteiger partial charge in [0.2, 0.25) is 0 Å². The van der Waals surface area contributed by atoms with Crippen LogP contribution >= 0.6 is 0 Å². The van der Waals surface area contributed by atoms with Crippen molar-refractivity contribution in [1.82, 2.24) is 9.61 Å². The van der Waals surface area contributed by atoms with E-state index in [0.717, 1.165) is 16.7 Å². The van der Waals surface area contributed by atoms with Crippen LogP contribution in [-0.2, 0) is 9.31 Å². The van der Waals surface area contributed by atoms with E-state index in [1.165, 1.54) is 0 Å². The number of hydrogen-bond acceptors (Lipinski definition) is 4. The van der Waals surface area contributed by atoms with Gasteiger partial charge >= 0.3 is 7.12 Å². The Morgan fingerprint density at radius 3 is 2.45 bits per heavy atom. The maximum atomic E-state index is 6.08. The van der Waals surface area contributed by atoms with E-state index in [4.69, 9.17) is 14.0 Å². The van der Waals surface area contributed by atoms with Gasteiger partial charge in [-0.05, 0) is 39.8 Å². The lowest BCUT2D eigenvalue weighted by Gasteiger charge is -2.32. The molecule has 3 rings (SSSR count). The summed E-state index contributed by atoms with van der Waals surface area (Å²) in [5.74, 6) is 0.759. The minimum atomic E-state index is -0.436. The first kappa shape index (κ1) is 13.5. The minimum absolute atomic E-state index is 0.367. The molecule has 2 aromatic rings. The van der Waals surface area contributed by atoms with Crippen molar-refractivity contribution in [3.05, 3.63) is 24.5 Å². The summed E-state index contributed by atoms with van der Waals surface area (Å²) in [6.45, 7) is 8.15. The summed E-state index contributed by atoms with van der Waals surface area (Å²) >= 11 is 0. The molecule has 0 spiro atoms. The fraction of sp³-hybridized carbons (Fsp3) is 0.500. The highest BCUT2D eigenvalue weighted by atomic mass is 16.7. The van der Waals surface area contributed by atoms with Crippen molar-refractivity contribution >= 4 is 18.1 Å². The second-order valence-corrected chi connectivity index (χ2v) is 6.06. The monoisotopic (exact) mass is 274 g/mol. The van der Waals surface area contributed by atoms with E-state index in [0.29, 0.717) is 0 Å². The Balaban J connectivity index is 2.09. The van der Waals surface area contributed by atoms with Crippen LogP contribution in [0.1, 0.15) is 27.7 Å². The van der Waals surface area contributed by atoms with E-state index in [1.54, 1.807) is 17.8 Å². The average Bonchev–Trinajstić information content (AvgIpc) is 2.88. The number of nitrogens with zero attached hydrogens (tertiary/aromatic N) is 2. The zero-order valence-electron chi connectivity index (χ0n) is 12.5. The van der Waals surface area contributed by atoms with Crippen LogP contribution in [0.15, 0.2) is 24.5 Å². The lowest BCUT2D eigenvalue weighted by molar-refractivity contribution is 0.00578. The zero-order valence-corrected chi connectivity index (χ0v) is 12.5. The van der Waals surface area contributed by atoms with Crippen molar-refractivity contribution in [2.24, 2.45) is 0 Å². The maximum absolute atomic E-state index is 6.08. The highest BCUT2D eigenvalue weighted by Crippen LogP contribution is 2.37. The maximum Gasteiger partial charge on any atom is 0.498 e. The molecule has 0 N–H and O–H groups in total. The van der Waals surface area contributed by atoms with Gasteiger partial charge in [0.25, 0.3) is 0 Å². The van der Waals surface area contributed by atoms with Gasteiger partial charge in [-0.3, -0.25) is 0 Å². The van der Waals surface area contributed by atoms with Crippen LogP contribution in [0.2, 0.25) is 0 Å². The van der Waals surface area contributed by atoms with Gasteiger partial charge in [0, 0.05) is 17.9 Å². The molecule has 0 saturated carbocycles. The number of ether oxygens (including phenoxy) is 1. The van der Waals surface area contributed by atoms with Crippen LogP contribution in [0.3, 0.4) is 0 Å². The molecule has 0 unspecified atom stereocenters. The number of aromatic nitrogens is 2. The molecule has 1 aliphatic rings. The van der Waals surface area contributed by atoms with Gasteiger partial charge < -0.3 is 14.0 Å². The van der Waals surface area contributed by atoms with E-state index < -0.39 is 7.12 Å². The zero-order chi connectivity index (χ0) is 14.5. The molecule has 0 atom stereocenters. The van der Waals surface area contributed by atoms with Crippen LogP contribution in [0.5, 0.6) is 5.75 Å². The summed E-state index contributed by atoms with van der Waals surface area (Å²) in [5, 5.41) is 4.34. The molecule has 1 fully saturated rings. The van der Waals surface area contributed by atoms with Crippen LogP contribution in [-0.4, -0.2) is 35.0 Å². The van der Waals surface area contributed by atoms with E-state index in [9.17, 15) is 0 Å². The highest BCUT2D eigenvalue weighted by molar-refractivity contribution is 6.64. The molecule has 0 aromatic carbocycles. The van der Waals surface area contributed by atoms with E-state index in [2.05, 4.69) is 5.10 Å². The topological polar surface area (TPSA) is 45.0 Å². The molecule has 0 radical (unpaired) electrons. The molecule has 3 heterocycles. The molecule has 0 aliphatic carbocycles. The van der Waals surface area contributed by atoms with Crippen LogP contribution in [0.4, 0.5) is 0 Å². The minimum Gasteiger partial charge on any atom is -0.495 e. The van der Waals surface area contributed by atoms with Crippen molar-refractivity contribution in [1.29, 1.82) is 0 Å². The predicted molar refractivity (Wildman–Crippen MR) is 77.5 cm³/mol. The highest BCUT2D eigenvalue weighted by Gasteiger charge is 2.52. The number of pyridine rings is 1. The van der Waals surface area contributed by atoms with E-state index in [1.807, 2.05) is 46.0 Å². The summed E-state index contributed by atoms with van der Waals surface area (Å²) in [4.78, 5) is 0. The van der Waals surface area contributed by atoms with Gasteiger partial charge in [-0.25, -0.2) is 4.52 Å². The Labute approximate surface area is 119 Å². The molecule has 20 heavy (non-hydrogen) atoms. The Morgan fingerprint density at radius 1 is 1.20 bits per heavy atom. The SMILES string of the molecule is COc1cccn2ncc(B3OC(C)(C)C(C)(C)O3)c12. The number of hydrogen-bond donors (Lipinski definition) is 0. The number of methoxy groups -OCH3 is 1. The van der Waals surface area contributed by atoms with E-state index >= 15 is 0 Å². The number of fused-ring (bicyclic) bond motifs is 1. The fourth-order valence-corrected chi connectivity index (χ4v) is 2.34. The summed E-state index contributed by atoms with van der Waals surface area (Å²) in [6, 6.07) is 3.80. The Hall–Kier alpha value is -1.53. The summed E-state index contributed by atoms with van der Waals surface area (Å²) in [5.41, 5.74) is 1.04. The van der Waals surface area contributed by atoms with Crippen molar-refractivity contribution in [2.45, 2.75) is 38.9 Å². The lowest BCUT2D eigenvalue weighted by atomic mass is 9.80. The molecule has 6 heteroatoms. The van der Waals surface area contributed by atoms with E-state index in [-0.39, 0.29) is 11.2 Å². The van der Waals surface area contributed by atoms with Gasteiger partial charge in [0.15, 0.2) is 0 Å². The molecular weight excluding hydrogens is 255 g/mol. The third kappa shape index (κ3) is 1.83. The van der Waals surface area contributed by atoms with Gasteiger partial charge in [0.05, 0.1) is 18.3 Å². The Bertz CT molecular complexity index is 635. The van der Waals surface area contributed by atoms with Gasteiger partial charge in [-0.15, -0.1) is 0 Å². The molecular formula is C14H19BN2O3. The van der Waals surface area contributed by atoms with Crippen molar-refractivity contribution in [3.8, 4) is 5.75 Å². The largest absolute Gasteiger partial charge is 0.498 e. The third-order valence-corrected chi connectivity index (χ3v) is 4.26. The first-order valence-electron chi connectivity index (χ1n) is 6.71. The first-order chi connectivity index (χ1) is 9.36. The van der Waals surface area contributed by atoms with Crippen LogP contribution < -0.4 is 10.2 Å². The Kier molecular flexibility index (Phi) is 2.85. The predicted octanol–water partition coefficient (Wildman–Crippen LogP) is 1.64.